The Labute approximate surface area is 246 Å². The van der Waals surface area contributed by atoms with Crippen LogP contribution >= 0.6 is 0 Å². The molecule has 218 valence electrons. The normalized spacial score (nSPS) is 12.2. The SMILES string of the molecule is COC(=O)[C@H](C)NC(=O)c1cc(C)n(Cc2ccccc2)c1C[C@H](Cc1ccccc1)NC(=O)OCc1ccccc1. The van der Waals surface area contributed by atoms with Crippen molar-refractivity contribution in [1.82, 2.24) is 15.2 Å². The van der Waals surface area contributed by atoms with Gasteiger partial charge in [0.15, 0.2) is 0 Å². The number of carbonyl (C=O) groups excluding carboxylic acids is 3. The Morgan fingerprint density at radius 3 is 1.95 bits per heavy atom. The molecule has 0 radical (unpaired) electrons. The summed E-state index contributed by atoms with van der Waals surface area (Å²) in [6, 6.07) is 29.9. The standard InChI is InChI=1S/C34H37N3O5/c1-24-19-30(32(38)35-25(2)33(39)41-3)31(37(24)22-27-15-9-5-10-16-27)21-29(20-26-13-7-4-8-14-26)36-34(40)42-23-28-17-11-6-12-18-28/h4-19,25,29H,20-23H2,1-3H3,(H,35,38)(H,36,40)/t25-,29-/m0/s1. The van der Waals surface area contributed by atoms with E-state index in [-0.39, 0.29) is 18.6 Å². The average Bonchev–Trinajstić information content (AvgIpc) is 3.31. The zero-order chi connectivity index (χ0) is 29.9. The predicted molar refractivity (Wildman–Crippen MR) is 161 cm³/mol. The van der Waals surface area contributed by atoms with Gasteiger partial charge in [-0.25, -0.2) is 9.59 Å². The largest absolute Gasteiger partial charge is 0.467 e. The highest BCUT2D eigenvalue weighted by atomic mass is 16.5. The zero-order valence-corrected chi connectivity index (χ0v) is 24.2. The van der Waals surface area contributed by atoms with Gasteiger partial charge in [0.1, 0.15) is 12.6 Å². The van der Waals surface area contributed by atoms with Crippen LogP contribution in [-0.2, 0) is 40.3 Å². The lowest BCUT2D eigenvalue weighted by Gasteiger charge is -2.22. The Morgan fingerprint density at radius 1 is 0.786 bits per heavy atom. The summed E-state index contributed by atoms with van der Waals surface area (Å²) in [7, 11) is 1.29. The highest BCUT2D eigenvalue weighted by Crippen LogP contribution is 2.22. The van der Waals surface area contributed by atoms with Crippen LogP contribution in [0.4, 0.5) is 4.79 Å². The summed E-state index contributed by atoms with van der Waals surface area (Å²) in [6.07, 6.45) is 0.338. The van der Waals surface area contributed by atoms with E-state index in [2.05, 4.69) is 15.2 Å². The van der Waals surface area contributed by atoms with Gasteiger partial charge in [0.25, 0.3) is 5.91 Å². The van der Waals surface area contributed by atoms with E-state index in [0.717, 1.165) is 28.1 Å². The van der Waals surface area contributed by atoms with Crippen molar-refractivity contribution >= 4 is 18.0 Å². The van der Waals surface area contributed by atoms with Crippen LogP contribution in [-0.4, -0.2) is 41.7 Å². The Morgan fingerprint density at radius 2 is 1.36 bits per heavy atom. The van der Waals surface area contributed by atoms with Gasteiger partial charge in [-0.2, -0.15) is 0 Å². The lowest BCUT2D eigenvalue weighted by Crippen LogP contribution is -2.41. The number of benzene rings is 3. The minimum absolute atomic E-state index is 0.146. The first-order valence-electron chi connectivity index (χ1n) is 14.0. The Kier molecular flexibility index (Phi) is 10.5. The molecule has 0 aliphatic carbocycles. The number of aryl methyl sites for hydroxylation is 1. The third kappa shape index (κ3) is 8.33. The average molecular weight is 568 g/mol. The summed E-state index contributed by atoms with van der Waals surface area (Å²) >= 11 is 0. The summed E-state index contributed by atoms with van der Waals surface area (Å²) in [4.78, 5) is 38.5. The molecule has 3 aromatic carbocycles. The van der Waals surface area contributed by atoms with Crippen LogP contribution in [0.2, 0.25) is 0 Å². The monoisotopic (exact) mass is 567 g/mol. The molecule has 0 saturated heterocycles. The Hall–Kier alpha value is -4.85. The van der Waals surface area contributed by atoms with E-state index in [4.69, 9.17) is 9.47 Å². The number of aromatic nitrogens is 1. The fourth-order valence-corrected chi connectivity index (χ4v) is 4.88. The van der Waals surface area contributed by atoms with Gasteiger partial charge < -0.3 is 24.7 Å². The highest BCUT2D eigenvalue weighted by molar-refractivity contribution is 5.98. The number of esters is 1. The Balaban J connectivity index is 1.64. The first kappa shape index (κ1) is 30.1. The molecule has 0 aliphatic rings. The lowest BCUT2D eigenvalue weighted by atomic mass is 9.99. The van der Waals surface area contributed by atoms with E-state index in [1.54, 1.807) is 6.92 Å². The molecule has 2 atom stereocenters. The first-order valence-corrected chi connectivity index (χ1v) is 14.0. The van der Waals surface area contributed by atoms with Gasteiger partial charge in [0, 0.05) is 30.4 Å². The lowest BCUT2D eigenvalue weighted by molar-refractivity contribution is -0.142. The van der Waals surface area contributed by atoms with Crippen LogP contribution in [0.3, 0.4) is 0 Å². The minimum Gasteiger partial charge on any atom is -0.467 e. The quantitative estimate of drug-likeness (QED) is 0.229. The van der Waals surface area contributed by atoms with Crippen molar-refractivity contribution < 1.29 is 23.9 Å². The van der Waals surface area contributed by atoms with Crippen LogP contribution in [0.25, 0.3) is 0 Å². The summed E-state index contributed by atoms with van der Waals surface area (Å²) in [5, 5.41) is 5.79. The third-order valence-corrected chi connectivity index (χ3v) is 7.05. The molecule has 4 rings (SSSR count). The zero-order valence-electron chi connectivity index (χ0n) is 24.2. The van der Waals surface area contributed by atoms with Crippen LogP contribution in [0.5, 0.6) is 0 Å². The molecule has 0 fully saturated rings. The van der Waals surface area contributed by atoms with Crippen LogP contribution in [0, 0.1) is 6.92 Å². The molecule has 4 aromatic rings. The number of hydrogen-bond donors (Lipinski definition) is 2. The van der Waals surface area contributed by atoms with E-state index in [9.17, 15) is 14.4 Å². The van der Waals surface area contributed by atoms with E-state index < -0.39 is 18.1 Å². The van der Waals surface area contributed by atoms with Gasteiger partial charge in [-0.05, 0) is 43.0 Å². The van der Waals surface area contributed by atoms with Crippen molar-refractivity contribution in [3.8, 4) is 0 Å². The summed E-state index contributed by atoms with van der Waals surface area (Å²) < 4.78 is 12.4. The molecule has 2 N–H and O–H groups in total. The van der Waals surface area contributed by atoms with Crippen LogP contribution in [0.15, 0.2) is 97.1 Å². The molecule has 0 bridgehead atoms. The fraction of sp³-hybridized carbons (Fsp3) is 0.265. The van der Waals surface area contributed by atoms with Gasteiger partial charge in [-0.3, -0.25) is 4.79 Å². The maximum atomic E-state index is 13.5. The molecule has 8 nitrogen and oxygen atoms in total. The maximum absolute atomic E-state index is 13.5. The predicted octanol–water partition coefficient (Wildman–Crippen LogP) is 5.22. The van der Waals surface area contributed by atoms with Crippen molar-refractivity contribution in [2.45, 2.75) is 51.9 Å². The number of rotatable bonds is 12. The number of alkyl carbamates (subject to hydrolysis) is 1. The molecular weight excluding hydrogens is 530 g/mol. The molecule has 1 heterocycles. The molecule has 0 unspecified atom stereocenters. The van der Waals surface area contributed by atoms with Gasteiger partial charge in [0.2, 0.25) is 0 Å². The van der Waals surface area contributed by atoms with Gasteiger partial charge in [0.05, 0.1) is 12.7 Å². The maximum Gasteiger partial charge on any atom is 0.407 e. The molecular formula is C34H37N3O5. The first-order chi connectivity index (χ1) is 20.3. The number of ether oxygens (including phenoxy) is 2. The Bertz CT molecular complexity index is 1470. The van der Waals surface area contributed by atoms with Crippen molar-refractivity contribution in [1.29, 1.82) is 0 Å². The number of nitrogens with one attached hydrogen (secondary N) is 2. The molecule has 2 amide bonds. The van der Waals surface area contributed by atoms with Crippen molar-refractivity contribution in [3.63, 3.8) is 0 Å². The number of carbonyl (C=O) groups is 3. The van der Waals surface area contributed by atoms with Crippen molar-refractivity contribution in [3.05, 3.63) is 131 Å². The van der Waals surface area contributed by atoms with E-state index >= 15 is 0 Å². The highest BCUT2D eigenvalue weighted by Gasteiger charge is 2.26. The number of nitrogens with zero attached hydrogens (tertiary/aromatic N) is 1. The van der Waals surface area contributed by atoms with Gasteiger partial charge in [-0.1, -0.05) is 91.0 Å². The van der Waals surface area contributed by atoms with Crippen LogP contribution < -0.4 is 10.6 Å². The fourth-order valence-electron chi connectivity index (χ4n) is 4.88. The molecule has 1 aromatic heterocycles. The van der Waals surface area contributed by atoms with Crippen LogP contribution in [0.1, 0.15) is 45.4 Å². The second-order valence-electron chi connectivity index (χ2n) is 10.2. The van der Waals surface area contributed by atoms with E-state index in [0.29, 0.717) is 24.9 Å². The van der Waals surface area contributed by atoms with E-state index in [1.807, 2.05) is 104 Å². The molecule has 0 spiro atoms. The minimum atomic E-state index is -0.820. The molecule has 0 saturated carbocycles. The second kappa shape index (κ2) is 14.7. The molecule has 0 aliphatic heterocycles. The van der Waals surface area contributed by atoms with Gasteiger partial charge >= 0.3 is 12.1 Å². The molecule has 8 heteroatoms. The smallest absolute Gasteiger partial charge is 0.407 e. The number of amides is 2. The number of methoxy groups -OCH3 is 1. The molecule has 42 heavy (non-hydrogen) atoms. The number of hydrogen-bond acceptors (Lipinski definition) is 5. The summed E-state index contributed by atoms with van der Waals surface area (Å²) in [5.74, 6) is -0.918. The topological polar surface area (TPSA) is 98.7 Å². The van der Waals surface area contributed by atoms with Crippen molar-refractivity contribution in [2.24, 2.45) is 0 Å². The van der Waals surface area contributed by atoms with E-state index in [1.165, 1.54) is 7.11 Å². The second-order valence-corrected chi connectivity index (χ2v) is 10.2. The summed E-state index contributed by atoms with van der Waals surface area (Å²) in [6.45, 7) is 4.21. The summed E-state index contributed by atoms with van der Waals surface area (Å²) in [5.41, 5.74) is 5.07. The van der Waals surface area contributed by atoms with Gasteiger partial charge in [-0.15, -0.1) is 0 Å². The third-order valence-electron chi connectivity index (χ3n) is 7.05. The van der Waals surface area contributed by atoms with Crippen molar-refractivity contribution in [2.75, 3.05) is 7.11 Å².